The van der Waals surface area contributed by atoms with Gasteiger partial charge in [-0.1, -0.05) is 12.5 Å². The van der Waals surface area contributed by atoms with E-state index in [4.69, 9.17) is 14.5 Å². The number of nitrogens with zero attached hydrogens (tertiary/aromatic N) is 3. The summed E-state index contributed by atoms with van der Waals surface area (Å²) >= 11 is 0. The Kier molecular flexibility index (Phi) is 6.62. The van der Waals surface area contributed by atoms with Gasteiger partial charge in [0.15, 0.2) is 11.5 Å². The predicted molar refractivity (Wildman–Crippen MR) is 119 cm³/mol. The van der Waals surface area contributed by atoms with Gasteiger partial charge in [-0.05, 0) is 56.1 Å². The van der Waals surface area contributed by atoms with E-state index in [-0.39, 0.29) is 11.6 Å². The van der Waals surface area contributed by atoms with E-state index < -0.39 is 0 Å². The third-order valence-electron chi connectivity index (χ3n) is 5.57. The molecular formula is C24H28N4O3. The monoisotopic (exact) mass is 420 g/mol. The summed E-state index contributed by atoms with van der Waals surface area (Å²) in [7, 11) is 1.66. The molecule has 162 valence electrons. The number of piperidine rings is 1. The molecule has 0 amide bonds. The summed E-state index contributed by atoms with van der Waals surface area (Å²) in [5, 5.41) is 0. The number of rotatable bonds is 7. The van der Waals surface area contributed by atoms with Crippen LogP contribution < -0.4 is 15.0 Å². The summed E-state index contributed by atoms with van der Waals surface area (Å²) in [6, 6.07) is 11.5. The van der Waals surface area contributed by atoms with Crippen molar-refractivity contribution in [1.29, 1.82) is 0 Å². The number of pyridine rings is 1. The van der Waals surface area contributed by atoms with Gasteiger partial charge < -0.3 is 14.5 Å². The van der Waals surface area contributed by atoms with E-state index >= 15 is 0 Å². The molecule has 0 saturated carbocycles. The van der Waals surface area contributed by atoms with Crippen LogP contribution in [0.25, 0.3) is 11.4 Å². The Hall–Kier alpha value is -3.19. The third-order valence-corrected chi connectivity index (χ3v) is 5.57. The fraction of sp³-hybridized carbons (Fsp3) is 0.375. The lowest BCUT2D eigenvalue weighted by molar-refractivity contribution is 0.137. The molecule has 1 aliphatic heterocycles. The molecule has 2 aromatic heterocycles. The van der Waals surface area contributed by atoms with Crippen LogP contribution >= 0.6 is 0 Å². The maximum atomic E-state index is 12.4. The second kappa shape index (κ2) is 9.75. The number of nitrogens with one attached hydrogen (secondary N) is 1. The molecular weight excluding hydrogens is 392 g/mol. The fourth-order valence-corrected chi connectivity index (χ4v) is 4.12. The van der Waals surface area contributed by atoms with Crippen molar-refractivity contribution in [2.24, 2.45) is 0 Å². The van der Waals surface area contributed by atoms with Crippen LogP contribution in [0, 0.1) is 0 Å². The quantitative estimate of drug-likeness (QED) is 0.623. The van der Waals surface area contributed by atoms with Gasteiger partial charge in [-0.2, -0.15) is 0 Å². The zero-order chi connectivity index (χ0) is 21.6. The maximum absolute atomic E-state index is 12.4. The Morgan fingerprint density at radius 3 is 2.87 bits per heavy atom. The first kappa shape index (κ1) is 21.1. The summed E-state index contributed by atoms with van der Waals surface area (Å²) in [6.07, 6.45) is 6.64. The molecule has 0 unspecified atom stereocenters. The van der Waals surface area contributed by atoms with E-state index in [9.17, 15) is 4.79 Å². The van der Waals surface area contributed by atoms with Crippen molar-refractivity contribution in [1.82, 2.24) is 19.9 Å². The molecule has 1 fully saturated rings. The van der Waals surface area contributed by atoms with Gasteiger partial charge in [0.2, 0.25) is 0 Å². The zero-order valence-corrected chi connectivity index (χ0v) is 18.0. The number of methoxy groups -OCH3 is 1. The number of aromatic nitrogens is 3. The van der Waals surface area contributed by atoms with Crippen LogP contribution in [-0.4, -0.2) is 40.1 Å². The molecule has 1 aliphatic rings. The van der Waals surface area contributed by atoms with E-state index in [1.807, 2.05) is 31.2 Å². The van der Waals surface area contributed by atoms with Gasteiger partial charge in [0, 0.05) is 30.6 Å². The summed E-state index contributed by atoms with van der Waals surface area (Å²) in [4.78, 5) is 26.6. The van der Waals surface area contributed by atoms with Gasteiger partial charge >= 0.3 is 0 Å². The molecule has 1 N–H and O–H groups in total. The summed E-state index contributed by atoms with van der Waals surface area (Å²) in [6.45, 7) is 4.26. The SMILES string of the molecule is CCOc1ccc(CN2CCCC[C@H]2c2cc(=O)[nH]c(-c3cccnc3)n2)cc1OC. The smallest absolute Gasteiger partial charge is 0.251 e. The van der Waals surface area contributed by atoms with Crippen molar-refractivity contribution in [3.63, 3.8) is 0 Å². The van der Waals surface area contributed by atoms with E-state index in [2.05, 4.69) is 20.9 Å². The molecule has 0 bridgehead atoms. The first-order chi connectivity index (χ1) is 15.2. The fourth-order valence-electron chi connectivity index (χ4n) is 4.12. The van der Waals surface area contributed by atoms with E-state index in [0.717, 1.165) is 60.7 Å². The molecule has 7 heteroatoms. The Bertz CT molecular complexity index is 1070. The molecule has 1 atom stereocenters. The second-order valence-electron chi connectivity index (χ2n) is 7.66. The molecule has 31 heavy (non-hydrogen) atoms. The molecule has 0 aliphatic carbocycles. The van der Waals surface area contributed by atoms with E-state index in [0.29, 0.717) is 12.4 Å². The number of likely N-dealkylation sites (tertiary alicyclic amines) is 1. The number of H-pyrrole nitrogens is 1. The minimum Gasteiger partial charge on any atom is -0.493 e. The summed E-state index contributed by atoms with van der Waals surface area (Å²) in [5.74, 6) is 2.05. The number of ether oxygens (including phenoxy) is 2. The van der Waals surface area contributed by atoms with Gasteiger partial charge in [-0.15, -0.1) is 0 Å². The highest BCUT2D eigenvalue weighted by Gasteiger charge is 2.26. The van der Waals surface area contributed by atoms with Crippen molar-refractivity contribution < 1.29 is 9.47 Å². The van der Waals surface area contributed by atoms with Crippen LogP contribution in [0.5, 0.6) is 11.5 Å². The highest BCUT2D eigenvalue weighted by Crippen LogP contribution is 2.33. The Balaban J connectivity index is 1.61. The van der Waals surface area contributed by atoms with E-state index in [1.54, 1.807) is 25.6 Å². The van der Waals surface area contributed by atoms with Crippen molar-refractivity contribution in [2.75, 3.05) is 20.3 Å². The normalized spacial score (nSPS) is 16.8. The number of hydrogen-bond acceptors (Lipinski definition) is 6. The van der Waals surface area contributed by atoms with Crippen LogP contribution in [0.3, 0.4) is 0 Å². The van der Waals surface area contributed by atoms with Gasteiger partial charge in [0.1, 0.15) is 5.82 Å². The van der Waals surface area contributed by atoms with Crippen molar-refractivity contribution in [3.8, 4) is 22.9 Å². The molecule has 7 nitrogen and oxygen atoms in total. The van der Waals surface area contributed by atoms with Gasteiger partial charge in [0.25, 0.3) is 5.56 Å². The highest BCUT2D eigenvalue weighted by atomic mass is 16.5. The van der Waals surface area contributed by atoms with Crippen LogP contribution in [-0.2, 0) is 6.54 Å². The molecule has 0 spiro atoms. The molecule has 1 aromatic carbocycles. The summed E-state index contributed by atoms with van der Waals surface area (Å²) < 4.78 is 11.2. The minimum atomic E-state index is -0.142. The van der Waals surface area contributed by atoms with Crippen molar-refractivity contribution in [2.45, 2.75) is 38.8 Å². The topological polar surface area (TPSA) is 80.3 Å². The Labute approximate surface area is 182 Å². The van der Waals surface area contributed by atoms with Crippen molar-refractivity contribution >= 4 is 0 Å². The lowest BCUT2D eigenvalue weighted by Gasteiger charge is -2.35. The largest absolute Gasteiger partial charge is 0.493 e. The molecule has 1 saturated heterocycles. The number of aromatic amines is 1. The first-order valence-electron chi connectivity index (χ1n) is 10.7. The lowest BCUT2D eigenvalue weighted by Crippen LogP contribution is -2.34. The average Bonchev–Trinajstić information content (AvgIpc) is 2.81. The Morgan fingerprint density at radius 2 is 2.10 bits per heavy atom. The molecule has 3 heterocycles. The standard InChI is InChI=1S/C24H28N4O3/c1-3-31-21-10-9-17(13-22(21)30-2)16-28-12-5-4-8-20(28)19-14-23(29)27-24(26-19)18-7-6-11-25-15-18/h6-7,9-11,13-15,20H,3-5,8,12,16H2,1-2H3,(H,26,27,29)/t20-/m0/s1. The van der Waals surface area contributed by atoms with Gasteiger partial charge in [-0.25, -0.2) is 4.98 Å². The first-order valence-corrected chi connectivity index (χ1v) is 10.7. The average molecular weight is 421 g/mol. The molecule has 3 aromatic rings. The van der Waals surface area contributed by atoms with Crippen LogP contribution in [0.1, 0.15) is 43.5 Å². The molecule has 0 radical (unpaired) electrons. The van der Waals surface area contributed by atoms with Crippen LogP contribution in [0.4, 0.5) is 0 Å². The number of hydrogen-bond donors (Lipinski definition) is 1. The zero-order valence-electron chi connectivity index (χ0n) is 18.0. The summed E-state index contributed by atoms with van der Waals surface area (Å²) in [5.41, 5.74) is 2.61. The molecule has 4 rings (SSSR count). The number of benzene rings is 1. The van der Waals surface area contributed by atoms with Crippen LogP contribution in [0.2, 0.25) is 0 Å². The second-order valence-corrected chi connectivity index (χ2v) is 7.66. The van der Waals surface area contributed by atoms with E-state index in [1.165, 1.54) is 0 Å². The van der Waals surface area contributed by atoms with Crippen LogP contribution in [0.15, 0.2) is 53.6 Å². The maximum Gasteiger partial charge on any atom is 0.251 e. The lowest BCUT2D eigenvalue weighted by atomic mass is 9.98. The van der Waals surface area contributed by atoms with Gasteiger partial charge in [0.05, 0.1) is 25.5 Å². The van der Waals surface area contributed by atoms with Crippen molar-refractivity contribution in [3.05, 3.63) is 70.4 Å². The Morgan fingerprint density at radius 1 is 1.19 bits per heavy atom. The predicted octanol–water partition coefficient (Wildman–Crippen LogP) is 3.97. The minimum absolute atomic E-state index is 0.0871. The van der Waals surface area contributed by atoms with Gasteiger partial charge in [-0.3, -0.25) is 14.7 Å². The third kappa shape index (κ3) is 4.94. The highest BCUT2D eigenvalue weighted by molar-refractivity contribution is 5.52.